The molecule has 0 aromatic carbocycles. The molecular formula is C3H6LiO2S. The monoisotopic (exact) mass is 113 g/mol. The number of rotatable bonds is 1. The van der Waals surface area contributed by atoms with Crippen molar-refractivity contribution in [2.24, 2.45) is 0 Å². The number of carboxylic acid groups (broad SMARTS) is 1. The van der Waals surface area contributed by atoms with E-state index in [0.717, 1.165) is 0 Å². The van der Waals surface area contributed by atoms with Gasteiger partial charge in [0.25, 0.3) is 0 Å². The number of hydrogen-bond acceptors (Lipinski definition) is 2. The molecule has 0 aromatic rings. The summed E-state index contributed by atoms with van der Waals surface area (Å²) in [6.07, 6.45) is 0. The summed E-state index contributed by atoms with van der Waals surface area (Å²) in [7, 11) is 0. The SMILES string of the molecule is CC(S)C(=O)O.[Li]. The molecule has 37 valence electrons. The van der Waals surface area contributed by atoms with Crippen LogP contribution in [0.5, 0.6) is 0 Å². The molecule has 0 aliphatic heterocycles. The molecule has 1 atom stereocenters. The zero-order chi connectivity index (χ0) is 5.15. The maximum Gasteiger partial charge on any atom is 0.316 e. The van der Waals surface area contributed by atoms with E-state index < -0.39 is 11.2 Å². The summed E-state index contributed by atoms with van der Waals surface area (Å²) < 4.78 is 0. The second-order valence-electron chi connectivity index (χ2n) is 1.01. The van der Waals surface area contributed by atoms with Crippen molar-refractivity contribution in [3.05, 3.63) is 0 Å². The fourth-order valence-electron chi connectivity index (χ4n) is 0. The largest absolute Gasteiger partial charge is 0.480 e. The summed E-state index contributed by atoms with van der Waals surface area (Å²) in [5.41, 5.74) is 0. The Morgan fingerprint density at radius 3 is 2.00 bits per heavy atom. The predicted molar refractivity (Wildman–Crippen MR) is 31.8 cm³/mol. The van der Waals surface area contributed by atoms with Crippen molar-refractivity contribution in [2.75, 3.05) is 0 Å². The standard InChI is InChI=1S/C3H6O2S.Li/c1-2(6)3(4)5;/h2,6H,1H3,(H,4,5);. The molecule has 0 spiro atoms. The number of carbonyl (C=O) groups is 1. The fraction of sp³-hybridized carbons (Fsp3) is 0.667. The molecule has 0 amide bonds. The molecule has 0 aliphatic carbocycles. The van der Waals surface area contributed by atoms with E-state index in [1.54, 1.807) is 0 Å². The van der Waals surface area contributed by atoms with E-state index in [4.69, 9.17) is 5.11 Å². The molecule has 0 saturated carbocycles. The summed E-state index contributed by atoms with van der Waals surface area (Å²) in [6, 6.07) is 0. The Balaban J connectivity index is 0. The molecule has 4 heteroatoms. The number of thiol groups is 1. The maximum absolute atomic E-state index is 9.62. The first kappa shape index (κ1) is 10.4. The third kappa shape index (κ3) is 6.42. The molecular weight excluding hydrogens is 107 g/mol. The summed E-state index contributed by atoms with van der Waals surface area (Å²) >= 11 is 3.59. The van der Waals surface area contributed by atoms with E-state index in [9.17, 15) is 4.79 Å². The van der Waals surface area contributed by atoms with Crippen LogP contribution in [0.3, 0.4) is 0 Å². The van der Waals surface area contributed by atoms with Gasteiger partial charge in [0, 0.05) is 18.9 Å². The van der Waals surface area contributed by atoms with Gasteiger partial charge in [-0.15, -0.1) is 0 Å². The zero-order valence-corrected chi connectivity index (χ0v) is 5.27. The van der Waals surface area contributed by atoms with Crippen molar-refractivity contribution in [1.82, 2.24) is 0 Å². The first-order valence-corrected chi connectivity index (χ1v) is 2.07. The number of hydrogen-bond donors (Lipinski definition) is 2. The van der Waals surface area contributed by atoms with E-state index in [-0.39, 0.29) is 18.9 Å². The number of aliphatic carboxylic acids is 1. The molecule has 0 aliphatic rings. The zero-order valence-electron chi connectivity index (χ0n) is 4.38. The molecule has 0 fully saturated rings. The number of carboxylic acids is 1. The van der Waals surface area contributed by atoms with Crippen LogP contribution in [0, 0.1) is 0 Å². The van der Waals surface area contributed by atoms with Crippen molar-refractivity contribution < 1.29 is 9.90 Å². The minimum absolute atomic E-state index is 0. The van der Waals surface area contributed by atoms with Crippen LogP contribution in [0.25, 0.3) is 0 Å². The normalized spacial score (nSPS) is 11.7. The van der Waals surface area contributed by atoms with E-state index in [1.165, 1.54) is 6.92 Å². The molecule has 0 saturated heterocycles. The average Bonchev–Trinajstić information content (AvgIpc) is 1.36. The van der Waals surface area contributed by atoms with Gasteiger partial charge in [-0.2, -0.15) is 12.6 Å². The Bertz CT molecular complexity index is 64.0. The predicted octanol–water partition coefficient (Wildman–Crippen LogP) is 0.00850. The van der Waals surface area contributed by atoms with E-state index >= 15 is 0 Å². The molecule has 0 rings (SSSR count). The van der Waals surface area contributed by atoms with Crippen LogP contribution >= 0.6 is 12.6 Å². The van der Waals surface area contributed by atoms with E-state index in [1.807, 2.05) is 0 Å². The molecule has 1 radical (unpaired) electrons. The van der Waals surface area contributed by atoms with Crippen molar-refractivity contribution in [3.63, 3.8) is 0 Å². The van der Waals surface area contributed by atoms with Gasteiger partial charge in [-0.1, -0.05) is 0 Å². The second-order valence-corrected chi connectivity index (χ2v) is 1.79. The Labute approximate surface area is 59.9 Å². The molecule has 1 unspecified atom stereocenters. The van der Waals surface area contributed by atoms with Gasteiger partial charge in [-0.25, -0.2) is 0 Å². The van der Waals surface area contributed by atoms with Gasteiger partial charge in [0.2, 0.25) is 0 Å². The minimum Gasteiger partial charge on any atom is -0.480 e. The molecule has 0 heterocycles. The maximum atomic E-state index is 9.62. The molecule has 2 nitrogen and oxygen atoms in total. The first-order chi connectivity index (χ1) is 2.64. The van der Waals surface area contributed by atoms with Crippen molar-refractivity contribution in [2.45, 2.75) is 12.2 Å². The van der Waals surface area contributed by atoms with Gasteiger partial charge < -0.3 is 5.11 Å². The van der Waals surface area contributed by atoms with Crippen molar-refractivity contribution >= 4 is 37.5 Å². The van der Waals surface area contributed by atoms with Gasteiger partial charge >= 0.3 is 5.97 Å². The van der Waals surface area contributed by atoms with Crippen LogP contribution in [-0.2, 0) is 4.79 Å². The smallest absolute Gasteiger partial charge is 0.316 e. The van der Waals surface area contributed by atoms with Crippen LogP contribution in [-0.4, -0.2) is 35.2 Å². The summed E-state index contributed by atoms with van der Waals surface area (Å²) in [4.78, 5) is 9.62. The second kappa shape index (κ2) is 4.57. The molecule has 0 aromatic heterocycles. The Kier molecular flexibility index (Phi) is 6.80. The van der Waals surface area contributed by atoms with E-state index in [0.29, 0.717) is 0 Å². The third-order valence-electron chi connectivity index (χ3n) is 0.357. The molecule has 0 bridgehead atoms. The van der Waals surface area contributed by atoms with Crippen LogP contribution in [0.1, 0.15) is 6.92 Å². The molecule has 1 N–H and O–H groups in total. The van der Waals surface area contributed by atoms with Crippen LogP contribution in [0.2, 0.25) is 0 Å². The van der Waals surface area contributed by atoms with Crippen LogP contribution < -0.4 is 0 Å². The van der Waals surface area contributed by atoms with Gasteiger partial charge in [0.1, 0.15) is 0 Å². The topological polar surface area (TPSA) is 37.3 Å². The third-order valence-corrected chi connectivity index (χ3v) is 0.578. The molecule has 7 heavy (non-hydrogen) atoms. The Hall–Kier alpha value is 0.417. The fourth-order valence-corrected chi connectivity index (χ4v) is 0. The van der Waals surface area contributed by atoms with Gasteiger partial charge in [0.05, 0.1) is 5.25 Å². The summed E-state index contributed by atoms with van der Waals surface area (Å²) in [5, 5.41) is 7.38. The van der Waals surface area contributed by atoms with Gasteiger partial charge in [0.15, 0.2) is 0 Å². The summed E-state index contributed by atoms with van der Waals surface area (Å²) in [5.74, 6) is -0.877. The first-order valence-electron chi connectivity index (χ1n) is 1.55. The van der Waals surface area contributed by atoms with Gasteiger partial charge in [-0.3, -0.25) is 4.79 Å². The summed E-state index contributed by atoms with van der Waals surface area (Å²) in [6.45, 7) is 1.51. The Morgan fingerprint density at radius 2 is 2.00 bits per heavy atom. The quantitative estimate of drug-likeness (QED) is 0.371. The van der Waals surface area contributed by atoms with Crippen molar-refractivity contribution in [3.8, 4) is 0 Å². The minimum atomic E-state index is -0.877. The van der Waals surface area contributed by atoms with Crippen LogP contribution in [0.4, 0.5) is 0 Å². The van der Waals surface area contributed by atoms with Gasteiger partial charge in [-0.05, 0) is 6.92 Å². The average molecular weight is 113 g/mol. The Morgan fingerprint density at radius 1 is 1.86 bits per heavy atom. The van der Waals surface area contributed by atoms with E-state index in [2.05, 4.69) is 12.6 Å². The van der Waals surface area contributed by atoms with Crippen molar-refractivity contribution in [1.29, 1.82) is 0 Å². The van der Waals surface area contributed by atoms with Crippen LogP contribution in [0.15, 0.2) is 0 Å².